The number of hydroxylamine groups is 1. The quantitative estimate of drug-likeness (QED) is 0.629. The van der Waals surface area contributed by atoms with Crippen LogP contribution in [0, 0.1) is 0 Å². The summed E-state index contributed by atoms with van der Waals surface area (Å²) in [5.41, 5.74) is 2.87. The summed E-state index contributed by atoms with van der Waals surface area (Å²) >= 11 is 1.23. The second-order valence-corrected chi connectivity index (χ2v) is 8.42. The minimum absolute atomic E-state index is 0.361. The molecule has 0 radical (unpaired) electrons. The molecule has 1 amide bonds. The summed E-state index contributed by atoms with van der Waals surface area (Å²) in [5, 5.41) is 10.4. The normalized spacial score (nSPS) is 16.1. The Balaban J connectivity index is 1.66. The Bertz CT molecular complexity index is 796. The number of thiophene rings is 1. The Morgan fingerprint density at radius 1 is 1.08 bits per heavy atom. The Morgan fingerprint density at radius 3 is 2.29 bits per heavy atom. The molecule has 128 valence electrons. The molecule has 0 spiro atoms. The number of anilines is 1. The van der Waals surface area contributed by atoms with E-state index < -0.39 is 15.9 Å². The molecule has 1 fully saturated rings. The van der Waals surface area contributed by atoms with Gasteiger partial charge < -0.3 is 4.90 Å². The largest absolute Gasteiger partial charge is 0.369 e. The van der Waals surface area contributed by atoms with Crippen LogP contribution in [0.4, 0.5) is 5.69 Å². The number of hydrogen-bond donors (Lipinski definition) is 2. The summed E-state index contributed by atoms with van der Waals surface area (Å²) in [6.45, 7) is 1.99. The molecule has 1 aliphatic heterocycles. The van der Waals surface area contributed by atoms with E-state index in [0.29, 0.717) is 36.0 Å². The Morgan fingerprint density at radius 2 is 1.75 bits per heavy atom. The summed E-state index contributed by atoms with van der Waals surface area (Å²) in [5.74, 6) is -0.562. The molecule has 0 atom stereocenters. The van der Waals surface area contributed by atoms with E-state index in [1.807, 2.05) is 0 Å². The molecule has 2 aromatic rings. The maximum absolute atomic E-state index is 12.5. The van der Waals surface area contributed by atoms with Gasteiger partial charge in [0.2, 0.25) is 0 Å². The third kappa shape index (κ3) is 3.29. The maximum atomic E-state index is 12.5. The van der Waals surface area contributed by atoms with Gasteiger partial charge in [0, 0.05) is 37.4 Å². The van der Waals surface area contributed by atoms with Crippen LogP contribution >= 0.6 is 11.3 Å². The highest BCUT2D eigenvalue weighted by molar-refractivity contribution is 7.91. The first-order chi connectivity index (χ1) is 11.5. The molecule has 0 aliphatic carbocycles. The van der Waals surface area contributed by atoms with E-state index in [2.05, 4.69) is 4.90 Å². The summed E-state index contributed by atoms with van der Waals surface area (Å²) in [6, 6.07) is 10.2. The average Bonchev–Trinajstić information content (AvgIpc) is 3.17. The molecule has 0 unspecified atom stereocenters. The molecule has 1 aromatic heterocycles. The van der Waals surface area contributed by atoms with Crippen molar-refractivity contribution in [1.29, 1.82) is 0 Å². The standard InChI is InChI=1S/C15H17N3O4S2/c19-15(16-20)12-3-5-13(6-4-12)17-7-9-18(10-8-17)24(21,22)14-2-1-11-23-14/h1-6,11,20H,7-10H2,(H,16,19). The monoisotopic (exact) mass is 367 g/mol. The zero-order chi connectivity index (χ0) is 17.2. The number of piperazine rings is 1. The van der Waals surface area contributed by atoms with Crippen molar-refractivity contribution in [2.45, 2.75) is 4.21 Å². The molecule has 1 aliphatic rings. The van der Waals surface area contributed by atoms with Crippen LogP contribution in [0.15, 0.2) is 46.0 Å². The Kier molecular flexibility index (Phi) is 4.86. The lowest BCUT2D eigenvalue weighted by Gasteiger charge is -2.35. The van der Waals surface area contributed by atoms with Crippen molar-refractivity contribution < 1.29 is 18.4 Å². The Labute approximate surface area is 144 Å². The number of carbonyl (C=O) groups is 1. The highest BCUT2D eigenvalue weighted by Gasteiger charge is 2.29. The predicted molar refractivity (Wildman–Crippen MR) is 91.0 cm³/mol. The van der Waals surface area contributed by atoms with Crippen molar-refractivity contribution in [3.05, 3.63) is 47.3 Å². The van der Waals surface area contributed by atoms with Crippen molar-refractivity contribution >= 4 is 33.0 Å². The van der Waals surface area contributed by atoms with Crippen LogP contribution in [0.5, 0.6) is 0 Å². The number of sulfonamides is 1. The third-order valence-electron chi connectivity index (χ3n) is 3.92. The van der Waals surface area contributed by atoms with E-state index in [0.717, 1.165) is 5.69 Å². The average molecular weight is 367 g/mol. The number of nitrogens with zero attached hydrogens (tertiary/aromatic N) is 2. The number of amides is 1. The summed E-state index contributed by atoms with van der Waals surface area (Å²) in [4.78, 5) is 13.4. The number of rotatable bonds is 4. The van der Waals surface area contributed by atoms with Gasteiger partial charge in [-0.1, -0.05) is 6.07 Å². The van der Waals surface area contributed by atoms with E-state index in [1.165, 1.54) is 15.6 Å². The van der Waals surface area contributed by atoms with Crippen LogP contribution in [0.25, 0.3) is 0 Å². The van der Waals surface area contributed by atoms with Gasteiger partial charge in [0.15, 0.2) is 0 Å². The van der Waals surface area contributed by atoms with Gasteiger partial charge in [-0.2, -0.15) is 4.31 Å². The number of hydrogen-bond acceptors (Lipinski definition) is 6. The molecule has 2 N–H and O–H groups in total. The topological polar surface area (TPSA) is 89.9 Å². The second-order valence-electron chi connectivity index (χ2n) is 5.31. The van der Waals surface area contributed by atoms with Crippen LogP contribution in [-0.4, -0.2) is 50.0 Å². The first-order valence-corrected chi connectivity index (χ1v) is 9.67. The van der Waals surface area contributed by atoms with Gasteiger partial charge in [-0.25, -0.2) is 13.9 Å². The van der Waals surface area contributed by atoms with Gasteiger partial charge >= 0.3 is 0 Å². The fourth-order valence-corrected chi connectivity index (χ4v) is 5.18. The van der Waals surface area contributed by atoms with Gasteiger partial charge in [-0.15, -0.1) is 11.3 Å². The zero-order valence-corrected chi connectivity index (χ0v) is 14.4. The van der Waals surface area contributed by atoms with Gasteiger partial charge in [0.1, 0.15) is 4.21 Å². The zero-order valence-electron chi connectivity index (χ0n) is 12.8. The minimum atomic E-state index is -3.40. The molecule has 1 saturated heterocycles. The number of carbonyl (C=O) groups excluding carboxylic acids is 1. The molecule has 7 nitrogen and oxygen atoms in total. The maximum Gasteiger partial charge on any atom is 0.274 e. The van der Waals surface area contributed by atoms with Gasteiger partial charge in [-0.05, 0) is 35.7 Å². The van der Waals surface area contributed by atoms with Gasteiger partial charge in [-0.3, -0.25) is 10.0 Å². The lowest BCUT2D eigenvalue weighted by molar-refractivity contribution is 0.0706. The lowest BCUT2D eigenvalue weighted by Crippen LogP contribution is -2.48. The van der Waals surface area contributed by atoms with E-state index >= 15 is 0 Å². The summed E-state index contributed by atoms with van der Waals surface area (Å²) in [6.07, 6.45) is 0. The number of benzene rings is 1. The fraction of sp³-hybridized carbons (Fsp3) is 0.267. The highest BCUT2D eigenvalue weighted by atomic mass is 32.2. The van der Waals surface area contributed by atoms with Crippen molar-refractivity contribution in [3.63, 3.8) is 0 Å². The van der Waals surface area contributed by atoms with Gasteiger partial charge in [0.25, 0.3) is 15.9 Å². The van der Waals surface area contributed by atoms with E-state index in [-0.39, 0.29) is 0 Å². The van der Waals surface area contributed by atoms with Crippen LogP contribution in [0.3, 0.4) is 0 Å². The predicted octanol–water partition coefficient (Wildman–Crippen LogP) is 1.38. The molecule has 3 rings (SSSR count). The summed E-state index contributed by atoms with van der Waals surface area (Å²) in [7, 11) is -3.40. The van der Waals surface area contributed by atoms with Crippen molar-refractivity contribution in [3.8, 4) is 0 Å². The van der Waals surface area contributed by atoms with Crippen LogP contribution in [0.1, 0.15) is 10.4 Å². The molecule has 9 heteroatoms. The van der Waals surface area contributed by atoms with Crippen LogP contribution in [-0.2, 0) is 10.0 Å². The van der Waals surface area contributed by atoms with E-state index in [4.69, 9.17) is 5.21 Å². The molecule has 2 heterocycles. The van der Waals surface area contributed by atoms with E-state index in [1.54, 1.807) is 47.3 Å². The molecule has 0 saturated carbocycles. The fourth-order valence-electron chi connectivity index (χ4n) is 2.61. The minimum Gasteiger partial charge on any atom is -0.369 e. The van der Waals surface area contributed by atoms with Crippen molar-refractivity contribution in [2.75, 3.05) is 31.1 Å². The molecule has 24 heavy (non-hydrogen) atoms. The number of nitrogens with one attached hydrogen (secondary N) is 1. The molecular weight excluding hydrogens is 350 g/mol. The van der Waals surface area contributed by atoms with Crippen molar-refractivity contribution in [1.82, 2.24) is 9.79 Å². The second kappa shape index (κ2) is 6.89. The summed E-state index contributed by atoms with van der Waals surface area (Å²) < 4.78 is 26.9. The van der Waals surface area contributed by atoms with Gasteiger partial charge in [0.05, 0.1) is 0 Å². The van der Waals surface area contributed by atoms with E-state index in [9.17, 15) is 13.2 Å². The SMILES string of the molecule is O=C(NO)c1ccc(N2CCN(S(=O)(=O)c3cccs3)CC2)cc1. The van der Waals surface area contributed by atoms with Crippen LogP contribution in [0.2, 0.25) is 0 Å². The van der Waals surface area contributed by atoms with Crippen molar-refractivity contribution in [2.24, 2.45) is 0 Å². The van der Waals surface area contributed by atoms with Crippen LogP contribution < -0.4 is 10.4 Å². The first kappa shape index (κ1) is 16.9. The molecule has 0 bridgehead atoms. The highest BCUT2D eigenvalue weighted by Crippen LogP contribution is 2.24. The molecular formula is C15H17N3O4S2. The lowest BCUT2D eigenvalue weighted by atomic mass is 10.2. The third-order valence-corrected chi connectivity index (χ3v) is 7.20. The first-order valence-electron chi connectivity index (χ1n) is 7.35. The smallest absolute Gasteiger partial charge is 0.274 e. The Hall–Kier alpha value is -1.94. The molecule has 1 aromatic carbocycles.